The number of hydrogen-bond acceptors (Lipinski definition) is 4. The molecule has 0 saturated carbocycles. The molecule has 1 aromatic rings. The summed E-state index contributed by atoms with van der Waals surface area (Å²) in [7, 11) is 0. The standard InChI is InChI=1S/C31H49N3O4/c1-11-14-15-16-21-34(28(36)25(22(4)12-2)32-29(37)38-31(8,9)10)26(27(35)33-30(5,6)7)24-19-17-23(13-3)18-20-24/h3,17-20,22,25-26H,11-12,14-16,21H2,1-2,4-10H3,(H,32,37)(H,33,35). The van der Waals surface area contributed by atoms with Gasteiger partial charge in [-0.25, -0.2) is 4.79 Å². The van der Waals surface area contributed by atoms with E-state index in [-0.39, 0.29) is 17.7 Å². The molecule has 0 fully saturated rings. The number of rotatable bonds is 12. The molecule has 0 aliphatic heterocycles. The summed E-state index contributed by atoms with van der Waals surface area (Å²) in [6.45, 7) is 17.4. The minimum Gasteiger partial charge on any atom is -0.444 e. The molecule has 0 spiro atoms. The van der Waals surface area contributed by atoms with Crippen LogP contribution in [-0.2, 0) is 14.3 Å². The number of amides is 3. The second-order valence-corrected chi connectivity index (χ2v) is 12.0. The summed E-state index contributed by atoms with van der Waals surface area (Å²) in [5, 5.41) is 5.86. The maximum atomic E-state index is 14.3. The van der Waals surface area contributed by atoms with Crippen molar-refractivity contribution >= 4 is 17.9 Å². The molecular weight excluding hydrogens is 478 g/mol. The summed E-state index contributed by atoms with van der Waals surface area (Å²) < 4.78 is 5.47. The summed E-state index contributed by atoms with van der Waals surface area (Å²) in [6.07, 6.45) is 9.30. The highest BCUT2D eigenvalue weighted by atomic mass is 16.6. The van der Waals surface area contributed by atoms with Gasteiger partial charge in [0.1, 0.15) is 17.7 Å². The summed E-state index contributed by atoms with van der Waals surface area (Å²) in [5.74, 6) is 1.83. The molecule has 0 heterocycles. The van der Waals surface area contributed by atoms with Crippen molar-refractivity contribution in [3.8, 4) is 12.3 Å². The van der Waals surface area contributed by atoms with E-state index in [9.17, 15) is 14.4 Å². The summed E-state index contributed by atoms with van der Waals surface area (Å²) in [6, 6.07) is 5.41. The van der Waals surface area contributed by atoms with E-state index in [1.807, 2.05) is 34.6 Å². The van der Waals surface area contributed by atoms with Crippen LogP contribution in [0.4, 0.5) is 4.79 Å². The number of alkyl carbamates (subject to hydrolysis) is 1. The Labute approximate surface area is 230 Å². The van der Waals surface area contributed by atoms with Gasteiger partial charge in [-0.1, -0.05) is 64.5 Å². The lowest BCUT2D eigenvalue weighted by Crippen LogP contribution is -2.56. The fourth-order valence-electron chi connectivity index (χ4n) is 4.04. The summed E-state index contributed by atoms with van der Waals surface area (Å²) in [5.41, 5.74) is 0.139. The maximum absolute atomic E-state index is 14.3. The van der Waals surface area contributed by atoms with Crippen LogP contribution in [0.25, 0.3) is 0 Å². The molecule has 1 rings (SSSR count). The Morgan fingerprint density at radius 3 is 2.08 bits per heavy atom. The molecule has 0 aliphatic carbocycles. The van der Waals surface area contributed by atoms with E-state index in [0.717, 1.165) is 25.7 Å². The van der Waals surface area contributed by atoms with Gasteiger partial charge in [-0.15, -0.1) is 6.42 Å². The molecule has 7 nitrogen and oxygen atoms in total. The molecule has 0 bridgehead atoms. The number of nitrogens with zero attached hydrogens (tertiary/aromatic N) is 1. The van der Waals surface area contributed by atoms with E-state index in [1.165, 1.54) is 0 Å². The van der Waals surface area contributed by atoms with Crippen LogP contribution in [0.1, 0.15) is 112 Å². The largest absolute Gasteiger partial charge is 0.444 e. The summed E-state index contributed by atoms with van der Waals surface area (Å²) in [4.78, 5) is 42.4. The number of benzene rings is 1. The van der Waals surface area contributed by atoms with Crippen LogP contribution in [0.2, 0.25) is 0 Å². The van der Waals surface area contributed by atoms with Crippen LogP contribution >= 0.6 is 0 Å². The molecule has 2 N–H and O–H groups in total. The molecule has 0 radical (unpaired) electrons. The first-order valence-corrected chi connectivity index (χ1v) is 13.8. The third-order valence-electron chi connectivity index (χ3n) is 6.14. The lowest BCUT2D eigenvalue weighted by atomic mass is 9.94. The van der Waals surface area contributed by atoms with E-state index in [2.05, 4.69) is 23.5 Å². The SMILES string of the molecule is C#Cc1ccc(C(C(=O)NC(C)(C)C)N(CCCCCC)C(=O)C(NC(=O)OC(C)(C)C)C(C)CC)cc1. The third-order valence-corrected chi connectivity index (χ3v) is 6.14. The molecule has 3 amide bonds. The van der Waals surface area contributed by atoms with Gasteiger partial charge in [0.2, 0.25) is 11.8 Å². The zero-order chi connectivity index (χ0) is 29.1. The van der Waals surface area contributed by atoms with Gasteiger partial charge in [-0.2, -0.15) is 0 Å². The Bertz CT molecular complexity index is 951. The van der Waals surface area contributed by atoms with Gasteiger partial charge in [0, 0.05) is 17.6 Å². The fourth-order valence-corrected chi connectivity index (χ4v) is 4.04. The van der Waals surface area contributed by atoms with Crippen molar-refractivity contribution in [1.29, 1.82) is 0 Å². The van der Waals surface area contributed by atoms with Gasteiger partial charge in [-0.05, 0) is 71.6 Å². The molecule has 3 atom stereocenters. The number of carbonyl (C=O) groups is 3. The first kappa shape index (κ1) is 33.0. The highest BCUT2D eigenvalue weighted by molar-refractivity contribution is 5.92. The van der Waals surface area contributed by atoms with Crippen molar-refractivity contribution < 1.29 is 19.1 Å². The van der Waals surface area contributed by atoms with Crippen molar-refractivity contribution in [3.63, 3.8) is 0 Å². The Hall–Kier alpha value is -3.01. The second kappa shape index (κ2) is 14.8. The quantitative estimate of drug-likeness (QED) is 0.259. The normalized spacial score (nSPS) is 14.0. The third kappa shape index (κ3) is 11.2. The van der Waals surface area contributed by atoms with E-state index in [1.54, 1.807) is 49.9 Å². The number of terminal acetylenes is 1. The van der Waals surface area contributed by atoms with E-state index >= 15 is 0 Å². The average molecular weight is 528 g/mol. The monoisotopic (exact) mass is 527 g/mol. The fraction of sp³-hybridized carbons (Fsp3) is 0.645. The second-order valence-electron chi connectivity index (χ2n) is 12.0. The lowest BCUT2D eigenvalue weighted by Gasteiger charge is -2.37. The molecular formula is C31H49N3O4. The number of unbranched alkanes of at least 4 members (excludes halogenated alkanes) is 3. The van der Waals surface area contributed by atoms with Crippen LogP contribution < -0.4 is 10.6 Å². The summed E-state index contributed by atoms with van der Waals surface area (Å²) >= 11 is 0. The highest BCUT2D eigenvalue weighted by Gasteiger charge is 2.38. The zero-order valence-corrected chi connectivity index (χ0v) is 24.9. The Kier molecular flexibility index (Phi) is 12.9. The van der Waals surface area contributed by atoms with Gasteiger partial charge in [-0.3, -0.25) is 9.59 Å². The Balaban J connectivity index is 3.57. The topological polar surface area (TPSA) is 87.7 Å². The van der Waals surface area contributed by atoms with Crippen molar-refractivity contribution in [1.82, 2.24) is 15.5 Å². The first-order valence-electron chi connectivity index (χ1n) is 13.8. The Morgan fingerprint density at radius 1 is 1.00 bits per heavy atom. The molecule has 3 unspecified atom stereocenters. The predicted molar refractivity (Wildman–Crippen MR) is 153 cm³/mol. The van der Waals surface area contributed by atoms with Crippen molar-refractivity contribution in [2.75, 3.05) is 6.54 Å². The number of ether oxygens (including phenoxy) is 1. The number of carbonyl (C=O) groups excluding carboxylic acids is 3. The molecule has 1 aromatic carbocycles. The van der Waals surface area contributed by atoms with Crippen LogP contribution in [-0.4, -0.2) is 46.5 Å². The van der Waals surface area contributed by atoms with Crippen LogP contribution in [0.5, 0.6) is 0 Å². The molecule has 38 heavy (non-hydrogen) atoms. The molecule has 7 heteroatoms. The van der Waals surface area contributed by atoms with Crippen LogP contribution in [0.15, 0.2) is 24.3 Å². The molecule has 0 saturated heterocycles. The number of nitrogens with one attached hydrogen (secondary N) is 2. The van der Waals surface area contributed by atoms with Crippen molar-refractivity contribution in [2.24, 2.45) is 5.92 Å². The molecule has 212 valence electrons. The van der Waals surface area contributed by atoms with Crippen LogP contribution in [0, 0.1) is 18.3 Å². The van der Waals surface area contributed by atoms with Crippen molar-refractivity contribution in [3.05, 3.63) is 35.4 Å². The van der Waals surface area contributed by atoms with Gasteiger partial charge in [0.25, 0.3) is 0 Å². The number of hydrogen-bond donors (Lipinski definition) is 2. The van der Waals surface area contributed by atoms with E-state index in [0.29, 0.717) is 24.1 Å². The van der Waals surface area contributed by atoms with Crippen molar-refractivity contribution in [2.45, 2.75) is 118 Å². The van der Waals surface area contributed by atoms with Gasteiger partial charge < -0.3 is 20.3 Å². The molecule has 0 aromatic heterocycles. The molecule has 0 aliphatic rings. The average Bonchev–Trinajstić information content (AvgIpc) is 2.81. The Morgan fingerprint density at radius 2 is 1.61 bits per heavy atom. The van der Waals surface area contributed by atoms with E-state index < -0.39 is 29.3 Å². The first-order chi connectivity index (χ1) is 17.6. The van der Waals surface area contributed by atoms with Gasteiger partial charge >= 0.3 is 6.09 Å². The maximum Gasteiger partial charge on any atom is 0.408 e. The highest BCUT2D eigenvalue weighted by Crippen LogP contribution is 2.26. The minimum atomic E-state index is -0.887. The minimum absolute atomic E-state index is 0.177. The van der Waals surface area contributed by atoms with Gasteiger partial charge in [0.15, 0.2) is 0 Å². The zero-order valence-electron chi connectivity index (χ0n) is 24.9. The smallest absolute Gasteiger partial charge is 0.408 e. The van der Waals surface area contributed by atoms with E-state index in [4.69, 9.17) is 11.2 Å². The van der Waals surface area contributed by atoms with Gasteiger partial charge in [0.05, 0.1) is 0 Å². The van der Waals surface area contributed by atoms with Crippen LogP contribution in [0.3, 0.4) is 0 Å². The lowest BCUT2D eigenvalue weighted by molar-refractivity contribution is -0.144. The predicted octanol–water partition coefficient (Wildman–Crippen LogP) is 5.97.